The van der Waals surface area contributed by atoms with E-state index >= 15 is 0 Å². The van der Waals surface area contributed by atoms with Crippen molar-refractivity contribution in [2.75, 3.05) is 4.90 Å². The average molecular weight is 750 g/mol. The minimum atomic E-state index is -0.151. The normalized spacial score (nSPS) is 16.5. The van der Waals surface area contributed by atoms with Crippen molar-refractivity contribution in [3.8, 4) is 22.3 Å². The van der Waals surface area contributed by atoms with Crippen molar-refractivity contribution in [2.45, 2.75) is 76.5 Å². The minimum absolute atomic E-state index is 0.0802. The van der Waals surface area contributed by atoms with Crippen molar-refractivity contribution < 1.29 is 4.42 Å². The molecule has 2 heteroatoms. The van der Waals surface area contributed by atoms with Crippen LogP contribution in [-0.2, 0) is 10.8 Å². The van der Waals surface area contributed by atoms with Gasteiger partial charge in [0.05, 0.1) is 5.69 Å². The summed E-state index contributed by atoms with van der Waals surface area (Å²) in [6.45, 7) is 9.65. The molecule has 3 aliphatic carbocycles. The minimum Gasteiger partial charge on any atom is -0.454 e. The third-order valence-corrected chi connectivity index (χ3v) is 14.4. The third kappa shape index (κ3) is 4.84. The second-order valence-electron chi connectivity index (χ2n) is 18.4. The first-order valence-electron chi connectivity index (χ1n) is 21.4. The zero-order chi connectivity index (χ0) is 38.9. The zero-order valence-electron chi connectivity index (χ0n) is 33.8. The lowest BCUT2D eigenvalue weighted by Gasteiger charge is -2.27. The first kappa shape index (κ1) is 34.0. The molecule has 282 valence electrons. The molecule has 0 aliphatic heterocycles. The number of nitrogens with zero attached hydrogens (tertiary/aromatic N) is 1. The smallest absolute Gasteiger partial charge is 0.159 e. The molecule has 58 heavy (non-hydrogen) atoms. The van der Waals surface area contributed by atoms with Crippen LogP contribution >= 0.6 is 0 Å². The highest BCUT2D eigenvalue weighted by molar-refractivity contribution is 6.10. The number of rotatable bonds is 4. The topological polar surface area (TPSA) is 16.4 Å². The summed E-state index contributed by atoms with van der Waals surface area (Å²) in [6, 6.07) is 55.1. The Labute approximate surface area is 340 Å². The molecule has 0 bridgehead atoms. The Morgan fingerprint density at radius 2 is 1.02 bits per heavy atom. The van der Waals surface area contributed by atoms with E-state index in [9.17, 15) is 0 Å². The predicted octanol–water partition coefficient (Wildman–Crippen LogP) is 16.0. The molecule has 0 N–H and O–H groups in total. The summed E-state index contributed by atoms with van der Waals surface area (Å²) < 4.78 is 6.69. The predicted molar refractivity (Wildman–Crippen MR) is 244 cm³/mol. The molecule has 0 amide bonds. The van der Waals surface area contributed by atoms with Gasteiger partial charge in [-0.25, -0.2) is 0 Å². The van der Waals surface area contributed by atoms with E-state index in [1.165, 1.54) is 104 Å². The molecule has 1 fully saturated rings. The van der Waals surface area contributed by atoms with Gasteiger partial charge in [0.1, 0.15) is 5.58 Å². The van der Waals surface area contributed by atoms with E-state index in [4.69, 9.17) is 4.42 Å². The fourth-order valence-corrected chi connectivity index (χ4v) is 11.2. The van der Waals surface area contributed by atoms with Crippen molar-refractivity contribution in [2.24, 2.45) is 0 Å². The van der Waals surface area contributed by atoms with Crippen LogP contribution in [0.2, 0.25) is 0 Å². The van der Waals surface area contributed by atoms with Gasteiger partial charge in [-0.1, -0.05) is 120 Å². The molecule has 0 saturated heterocycles. The maximum absolute atomic E-state index is 6.69. The first-order valence-corrected chi connectivity index (χ1v) is 21.4. The van der Waals surface area contributed by atoms with E-state index in [2.05, 4.69) is 178 Å². The summed E-state index contributed by atoms with van der Waals surface area (Å²) in [5.74, 6) is 0.659. The van der Waals surface area contributed by atoms with Gasteiger partial charge in [-0.15, -0.1) is 0 Å². The zero-order valence-corrected chi connectivity index (χ0v) is 33.8. The van der Waals surface area contributed by atoms with Gasteiger partial charge in [0.15, 0.2) is 5.58 Å². The van der Waals surface area contributed by atoms with Crippen LogP contribution < -0.4 is 4.90 Å². The first-order chi connectivity index (χ1) is 28.2. The lowest BCUT2D eigenvalue weighted by atomic mass is 9.79. The molecule has 12 rings (SSSR count). The van der Waals surface area contributed by atoms with Gasteiger partial charge in [-0.05, 0) is 163 Å². The van der Waals surface area contributed by atoms with Gasteiger partial charge < -0.3 is 9.32 Å². The monoisotopic (exact) mass is 749 g/mol. The summed E-state index contributed by atoms with van der Waals surface area (Å²) in [5, 5.41) is 7.42. The molecule has 8 aromatic carbocycles. The third-order valence-electron chi connectivity index (χ3n) is 14.4. The molecular weight excluding hydrogens is 703 g/mol. The Balaban J connectivity index is 1.00. The molecular formula is C56H47NO. The van der Waals surface area contributed by atoms with Crippen LogP contribution in [0.25, 0.3) is 65.7 Å². The Kier molecular flexibility index (Phi) is 7.14. The average Bonchev–Trinajstić information content (AvgIpc) is 3.82. The van der Waals surface area contributed by atoms with Crippen LogP contribution in [-0.4, -0.2) is 0 Å². The summed E-state index contributed by atoms with van der Waals surface area (Å²) in [4.78, 5) is 2.41. The molecule has 0 atom stereocenters. The maximum atomic E-state index is 6.69. The van der Waals surface area contributed by atoms with Crippen LogP contribution in [0.15, 0.2) is 150 Å². The van der Waals surface area contributed by atoms with Gasteiger partial charge in [0.2, 0.25) is 0 Å². The molecule has 1 aromatic heterocycles. The maximum Gasteiger partial charge on any atom is 0.159 e. The highest BCUT2D eigenvalue weighted by Gasteiger charge is 2.42. The van der Waals surface area contributed by atoms with Gasteiger partial charge in [0.25, 0.3) is 0 Å². The lowest BCUT2D eigenvalue weighted by Crippen LogP contribution is -2.17. The lowest BCUT2D eigenvalue weighted by molar-refractivity contribution is 0.443. The molecule has 9 aromatic rings. The molecule has 0 unspecified atom stereocenters. The Bertz CT molecular complexity index is 3150. The van der Waals surface area contributed by atoms with E-state index in [1.54, 1.807) is 0 Å². The highest BCUT2D eigenvalue weighted by atomic mass is 16.3. The molecule has 0 spiro atoms. The highest BCUT2D eigenvalue weighted by Crippen LogP contribution is 2.57. The summed E-state index contributed by atoms with van der Waals surface area (Å²) in [6.07, 6.45) is 6.62. The van der Waals surface area contributed by atoms with E-state index < -0.39 is 0 Å². The largest absolute Gasteiger partial charge is 0.454 e. The molecule has 2 nitrogen and oxygen atoms in total. The standard InChI is InChI=1S/C56H47NO/c1-55(2)48-30-37-16-9-8-15-36(37)28-44(48)46-32-51-47(33-50(46)55)45-29-38-23-26-41(27-39(38)31-49(45)56(51,3)4)57(40-24-21-35(22-25-40)34-13-6-5-7-14-34)52-19-12-18-43-42-17-10-11-20-53(42)58-54(43)52/h8-12,15-34H,5-7,13-14H2,1-4H3. The number of hydrogen-bond donors (Lipinski definition) is 0. The number of para-hydroxylation sites is 2. The number of furan rings is 1. The Morgan fingerprint density at radius 1 is 0.466 bits per heavy atom. The second-order valence-corrected chi connectivity index (χ2v) is 18.4. The van der Waals surface area contributed by atoms with Crippen molar-refractivity contribution in [1.82, 2.24) is 0 Å². The van der Waals surface area contributed by atoms with E-state index in [1.807, 2.05) is 0 Å². The van der Waals surface area contributed by atoms with E-state index in [-0.39, 0.29) is 10.8 Å². The number of anilines is 3. The molecule has 0 radical (unpaired) electrons. The molecule has 1 heterocycles. The van der Waals surface area contributed by atoms with Gasteiger partial charge >= 0.3 is 0 Å². The Hall–Kier alpha value is -6.12. The van der Waals surface area contributed by atoms with Gasteiger partial charge in [0, 0.05) is 33.0 Å². The van der Waals surface area contributed by atoms with Crippen LogP contribution in [0.1, 0.15) is 93.5 Å². The van der Waals surface area contributed by atoms with Crippen LogP contribution in [0, 0.1) is 0 Å². The quantitative estimate of drug-likeness (QED) is 0.178. The van der Waals surface area contributed by atoms with Crippen LogP contribution in [0.3, 0.4) is 0 Å². The summed E-state index contributed by atoms with van der Waals surface area (Å²) >= 11 is 0. The van der Waals surface area contributed by atoms with Gasteiger partial charge in [-0.3, -0.25) is 0 Å². The summed E-state index contributed by atoms with van der Waals surface area (Å²) in [7, 11) is 0. The molecule has 1 saturated carbocycles. The van der Waals surface area contributed by atoms with Crippen molar-refractivity contribution in [1.29, 1.82) is 0 Å². The van der Waals surface area contributed by atoms with Crippen LogP contribution in [0.4, 0.5) is 17.1 Å². The van der Waals surface area contributed by atoms with Gasteiger partial charge in [-0.2, -0.15) is 0 Å². The van der Waals surface area contributed by atoms with Crippen molar-refractivity contribution >= 4 is 60.5 Å². The van der Waals surface area contributed by atoms with Crippen molar-refractivity contribution in [3.05, 3.63) is 173 Å². The number of hydrogen-bond acceptors (Lipinski definition) is 2. The Morgan fingerprint density at radius 3 is 1.72 bits per heavy atom. The van der Waals surface area contributed by atoms with Crippen molar-refractivity contribution in [3.63, 3.8) is 0 Å². The SMILES string of the molecule is CC1(C)c2cc3c(cc2-c2cc4ccccc4cc21)C(C)(C)c1cc2cc(N(c4ccc(C5CCCCC5)cc4)c4cccc5c4oc4ccccc45)ccc2cc1-3. The van der Waals surface area contributed by atoms with E-state index in [0.29, 0.717) is 5.92 Å². The number of fused-ring (bicyclic) bond motifs is 11. The van der Waals surface area contributed by atoms with Crippen LogP contribution in [0.5, 0.6) is 0 Å². The fraction of sp³-hybridized carbons (Fsp3) is 0.214. The second kappa shape index (κ2) is 12.2. The fourth-order valence-electron chi connectivity index (χ4n) is 11.2. The molecule has 3 aliphatic rings. The number of benzene rings is 8. The van der Waals surface area contributed by atoms with E-state index in [0.717, 1.165) is 39.0 Å². The summed E-state index contributed by atoms with van der Waals surface area (Å²) in [5.41, 5.74) is 17.6.